The van der Waals surface area contributed by atoms with Gasteiger partial charge < -0.3 is 15.4 Å². The number of carbonyl (C=O) groups is 2. The summed E-state index contributed by atoms with van der Waals surface area (Å²) in [4.78, 5) is 36.4. The number of rotatable bonds is 7. The molecule has 2 fully saturated rings. The Kier molecular flexibility index (Phi) is 8.49. The van der Waals surface area contributed by atoms with E-state index in [1.54, 1.807) is 4.90 Å². The molecule has 0 unspecified atom stereocenters. The first-order valence-corrected chi connectivity index (χ1v) is 15.8. The van der Waals surface area contributed by atoms with Crippen molar-refractivity contribution in [1.29, 1.82) is 0 Å². The number of imide groups is 1. The molecule has 2 aromatic heterocycles. The third-order valence-corrected chi connectivity index (χ3v) is 8.55. The first-order valence-electron chi connectivity index (χ1n) is 15.8. The SMILES string of the molecule is Nc1ncnc2c1c(-c1ccc(Oc3ccccc3)cc1)nn2C1CCN(CCC#Cc2ccc(N3CCC(=O)NC3=O)cc2)CC1. The van der Waals surface area contributed by atoms with Crippen molar-refractivity contribution in [2.45, 2.75) is 31.7 Å². The van der Waals surface area contributed by atoms with Crippen molar-refractivity contribution in [2.24, 2.45) is 0 Å². The van der Waals surface area contributed by atoms with E-state index in [4.69, 9.17) is 15.6 Å². The van der Waals surface area contributed by atoms with Gasteiger partial charge in [0.15, 0.2) is 5.65 Å². The summed E-state index contributed by atoms with van der Waals surface area (Å²) in [7, 11) is 0. The van der Waals surface area contributed by atoms with Gasteiger partial charge in [-0.2, -0.15) is 5.10 Å². The standard InChI is InChI=1S/C36H34N8O3/c37-34-32-33(26-11-15-30(16-12-26)47-29-7-2-1-3-8-29)41-44(35(32)39-24-38-34)28-17-21-42(22-18-28)20-5-4-6-25-9-13-27(14-10-25)43-23-19-31(45)40-36(43)46/h1-3,7-16,24,28H,5,17-23H2,(H2,37,38,39)(H,40,45,46). The number of piperidine rings is 1. The average Bonchev–Trinajstić information content (AvgIpc) is 3.49. The Morgan fingerprint density at radius 2 is 1.64 bits per heavy atom. The largest absolute Gasteiger partial charge is 0.457 e. The summed E-state index contributed by atoms with van der Waals surface area (Å²) in [5.74, 6) is 8.21. The van der Waals surface area contributed by atoms with Crippen LogP contribution in [0.1, 0.15) is 37.3 Å². The number of likely N-dealkylation sites (tertiary alicyclic amines) is 1. The van der Waals surface area contributed by atoms with E-state index in [2.05, 4.69) is 32.0 Å². The quantitative estimate of drug-likeness (QED) is 0.230. The normalized spacial score (nSPS) is 15.7. The number of nitrogens with zero attached hydrogens (tertiary/aromatic N) is 6. The van der Waals surface area contributed by atoms with E-state index in [1.807, 2.05) is 83.5 Å². The second-order valence-electron chi connectivity index (χ2n) is 11.6. The summed E-state index contributed by atoms with van der Waals surface area (Å²) in [6, 6.07) is 24.9. The van der Waals surface area contributed by atoms with Crippen LogP contribution in [0.25, 0.3) is 22.3 Å². The lowest BCUT2D eigenvalue weighted by atomic mass is 10.0. The first-order chi connectivity index (χ1) is 23.0. The highest BCUT2D eigenvalue weighted by atomic mass is 16.5. The molecule has 11 heteroatoms. The van der Waals surface area contributed by atoms with Gasteiger partial charge in [0, 0.05) is 55.8 Å². The number of nitrogen functional groups attached to an aromatic ring is 1. The maximum atomic E-state index is 12.1. The molecule has 236 valence electrons. The van der Waals surface area contributed by atoms with E-state index in [0.717, 1.165) is 83.9 Å². The Labute approximate surface area is 272 Å². The zero-order chi connectivity index (χ0) is 32.2. The number of anilines is 2. The topological polar surface area (TPSA) is 131 Å². The molecule has 4 heterocycles. The molecule has 0 aliphatic carbocycles. The highest BCUT2D eigenvalue weighted by molar-refractivity contribution is 6.05. The van der Waals surface area contributed by atoms with Crippen molar-refractivity contribution >= 4 is 34.5 Å². The fourth-order valence-electron chi connectivity index (χ4n) is 6.06. The maximum Gasteiger partial charge on any atom is 0.328 e. The second-order valence-corrected chi connectivity index (χ2v) is 11.6. The monoisotopic (exact) mass is 626 g/mol. The molecular weight excluding hydrogens is 592 g/mol. The molecule has 47 heavy (non-hydrogen) atoms. The summed E-state index contributed by atoms with van der Waals surface area (Å²) >= 11 is 0. The summed E-state index contributed by atoms with van der Waals surface area (Å²) in [6.45, 7) is 3.14. The highest BCUT2D eigenvalue weighted by Gasteiger charge is 2.26. The number of ether oxygens (including phenoxy) is 1. The molecule has 3 amide bonds. The van der Waals surface area contributed by atoms with Crippen LogP contribution in [-0.4, -0.2) is 62.8 Å². The molecule has 2 aliphatic rings. The van der Waals surface area contributed by atoms with E-state index >= 15 is 0 Å². The lowest BCUT2D eigenvalue weighted by Crippen LogP contribution is -2.49. The molecule has 0 radical (unpaired) electrons. The molecular formula is C36H34N8O3. The van der Waals surface area contributed by atoms with E-state index in [-0.39, 0.29) is 18.0 Å². The molecule has 0 saturated carbocycles. The van der Waals surface area contributed by atoms with Gasteiger partial charge in [0.05, 0.1) is 11.4 Å². The number of aromatic nitrogens is 4. The van der Waals surface area contributed by atoms with Gasteiger partial charge in [-0.25, -0.2) is 19.4 Å². The number of nitrogens with one attached hydrogen (secondary N) is 1. The zero-order valence-electron chi connectivity index (χ0n) is 25.8. The van der Waals surface area contributed by atoms with Crippen LogP contribution in [-0.2, 0) is 4.79 Å². The molecule has 5 aromatic rings. The number of carbonyl (C=O) groups excluding carboxylic acids is 2. The lowest BCUT2D eigenvalue weighted by Gasteiger charge is -2.31. The molecule has 11 nitrogen and oxygen atoms in total. The lowest BCUT2D eigenvalue weighted by molar-refractivity contribution is -0.120. The molecule has 0 bridgehead atoms. The van der Waals surface area contributed by atoms with Crippen LogP contribution in [0.3, 0.4) is 0 Å². The molecule has 7 rings (SSSR count). The maximum absolute atomic E-state index is 12.1. The number of benzene rings is 3. The Bertz CT molecular complexity index is 1960. The van der Waals surface area contributed by atoms with Crippen LogP contribution in [0.2, 0.25) is 0 Å². The van der Waals surface area contributed by atoms with Crippen molar-refractivity contribution in [1.82, 2.24) is 30.0 Å². The van der Waals surface area contributed by atoms with Crippen molar-refractivity contribution in [3.05, 3.63) is 90.8 Å². The predicted molar refractivity (Wildman–Crippen MR) is 180 cm³/mol. The van der Waals surface area contributed by atoms with Gasteiger partial charge in [0.2, 0.25) is 5.91 Å². The minimum absolute atomic E-state index is 0.196. The number of urea groups is 1. The second kappa shape index (κ2) is 13.3. The Morgan fingerprint density at radius 1 is 0.894 bits per heavy atom. The number of nitrogens with two attached hydrogens (primary N) is 1. The summed E-state index contributed by atoms with van der Waals surface area (Å²) in [5, 5.41) is 8.16. The molecule has 0 atom stereocenters. The van der Waals surface area contributed by atoms with Gasteiger partial charge in [-0.3, -0.25) is 15.0 Å². The van der Waals surface area contributed by atoms with Crippen LogP contribution >= 0.6 is 0 Å². The van der Waals surface area contributed by atoms with E-state index in [0.29, 0.717) is 18.8 Å². The van der Waals surface area contributed by atoms with Gasteiger partial charge >= 0.3 is 6.03 Å². The number of amides is 3. The van der Waals surface area contributed by atoms with Gasteiger partial charge in [-0.15, -0.1) is 0 Å². The van der Waals surface area contributed by atoms with Crippen LogP contribution < -0.4 is 20.7 Å². The van der Waals surface area contributed by atoms with Crippen molar-refractivity contribution in [3.63, 3.8) is 0 Å². The van der Waals surface area contributed by atoms with Crippen molar-refractivity contribution in [2.75, 3.05) is 36.8 Å². The van der Waals surface area contributed by atoms with Crippen LogP contribution in [0.5, 0.6) is 11.5 Å². The van der Waals surface area contributed by atoms with Crippen LogP contribution in [0, 0.1) is 11.8 Å². The molecule has 2 saturated heterocycles. The van der Waals surface area contributed by atoms with E-state index < -0.39 is 0 Å². The van der Waals surface area contributed by atoms with E-state index in [9.17, 15) is 9.59 Å². The van der Waals surface area contributed by atoms with Gasteiger partial charge in [-0.1, -0.05) is 30.0 Å². The number of hydrogen-bond donors (Lipinski definition) is 2. The average molecular weight is 627 g/mol. The minimum Gasteiger partial charge on any atom is -0.457 e. The Balaban J connectivity index is 0.965. The van der Waals surface area contributed by atoms with Gasteiger partial charge in [0.1, 0.15) is 29.3 Å². The zero-order valence-corrected chi connectivity index (χ0v) is 25.8. The van der Waals surface area contributed by atoms with Gasteiger partial charge in [-0.05, 0) is 73.5 Å². The minimum atomic E-state index is -0.387. The highest BCUT2D eigenvalue weighted by Crippen LogP contribution is 2.35. The van der Waals surface area contributed by atoms with Crippen molar-refractivity contribution in [3.8, 4) is 34.6 Å². The Hall–Kier alpha value is -5.73. The number of hydrogen-bond acceptors (Lipinski definition) is 8. The third kappa shape index (κ3) is 6.64. The van der Waals surface area contributed by atoms with Crippen LogP contribution in [0.15, 0.2) is 85.2 Å². The van der Waals surface area contributed by atoms with E-state index in [1.165, 1.54) is 6.33 Å². The fraction of sp³-hybridized carbons (Fsp3) is 0.250. The van der Waals surface area contributed by atoms with Crippen LogP contribution in [0.4, 0.5) is 16.3 Å². The smallest absolute Gasteiger partial charge is 0.328 e. The summed E-state index contributed by atoms with van der Waals surface area (Å²) in [6.07, 6.45) is 4.44. The number of fused-ring (bicyclic) bond motifs is 1. The third-order valence-electron chi connectivity index (χ3n) is 8.55. The molecule has 0 spiro atoms. The summed E-state index contributed by atoms with van der Waals surface area (Å²) < 4.78 is 8.00. The molecule has 3 N–H and O–H groups in total. The van der Waals surface area contributed by atoms with Gasteiger partial charge in [0.25, 0.3) is 0 Å². The summed E-state index contributed by atoms with van der Waals surface area (Å²) in [5.41, 5.74) is 10.5. The van der Waals surface area contributed by atoms with Crippen molar-refractivity contribution < 1.29 is 14.3 Å². The predicted octanol–water partition coefficient (Wildman–Crippen LogP) is 5.39. The Morgan fingerprint density at radius 3 is 2.38 bits per heavy atom. The number of para-hydroxylation sites is 1. The fourth-order valence-corrected chi connectivity index (χ4v) is 6.06. The molecule has 2 aliphatic heterocycles. The molecule has 3 aromatic carbocycles. The first kappa shape index (κ1) is 30.0.